The number of hydrogen-bond donors (Lipinski definition) is 2. The summed E-state index contributed by atoms with van der Waals surface area (Å²) in [5.41, 5.74) is 0.949. The number of hydrogen-bond acceptors (Lipinski definition) is 5. The van der Waals surface area contributed by atoms with Gasteiger partial charge in [-0.25, -0.2) is 4.99 Å². The maximum atomic E-state index is 5.90. The summed E-state index contributed by atoms with van der Waals surface area (Å²) >= 11 is 0. The van der Waals surface area contributed by atoms with Gasteiger partial charge < -0.3 is 29.6 Å². The van der Waals surface area contributed by atoms with E-state index in [4.69, 9.17) is 18.9 Å². The van der Waals surface area contributed by atoms with Crippen LogP contribution in [0.1, 0.15) is 19.4 Å². The van der Waals surface area contributed by atoms with Gasteiger partial charge in [-0.15, -0.1) is 0 Å². The summed E-state index contributed by atoms with van der Waals surface area (Å²) in [7, 11) is 4.79. The number of rotatable bonds is 10. The molecule has 0 saturated carbocycles. The lowest BCUT2D eigenvalue weighted by Gasteiger charge is -2.18. The number of benzene rings is 2. The van der Waals surface area contributed by atoms with Crippen LogP contribution in [0, 0.1) is 0 Å². The molecule has 0 spiro atoms. The molecule has 1 unspecified atom stereocenters. The summed E-state index contributed by atoms with van der Waals surface area (Å²) in [6.45, 7) is 5.88. The van der Waals surface area contributed by atoms with E-state index in [1.807, 2.05) is 56.3 Å². The maximum Gasteiger partial charge on any atom is 0.203 e. The van der Waals surface area contributed by atoms with Crippen LogP contribution in [0.3, 0.4) is 0 Å². The van der Waals surface area contributed by atoms with Gasteiger partial charge in [0.1, 0.15) is 11.9 Å². The van der Waals surface area contributed by atoms with E-state index in [1.165, 1.54) is 0 Å². The van der Waals surface area contributed by atoms with Gasteiger partial charge in [0.15, 0.2) is 17.5 Å². The lowest BCUT2D eigenvalue weighted by molar-refractivity contribution is 0.224. The second-order valence-corrected chi connectivity index (χ2v) is 6.35. The second-order valence-electron chi connectivity index (χ2n) is 6.35. The third-order valence-corrected chi connectivity index (χ3v) is 4.13. The van der Waals surface area contributed by atoms with E-state index in [9.17, 15) is 0 Å². The summed E-state index contributed by atoms with van der Waals surface area (Å²) in [4.78, 5) is 4.66. The van der Waals surface area contributed by atoms with Gasteiger partial charge in [0.2, 0.25) is 5.75 Å². The monoisotopic (exact) mass is 401 g/mol. The second kappa shape index (κ2) is 11.7. The minimum Gasteiger partial charge on any atom is -0.493 e. The molecule has 1 atom stereocenters. The smallest absolute Gasteiger partial charge is 0.203 e. The average molecular weight is 402 g/mol. The lowest BCUT2D eigenvalue weighted by atomic mass is 10.2. The largest absolute Gasteiger partial charge is 0.493 e. The minimum absolute atomic E-state index is 0.0116. The first-order chi connectivity index (χ1) is 14.1. The Labute approximate surface area is 173 Å². The van der Waals surface area contributed by atoms with Gasteiger partial charge in [0.25, 0.3) is 0 Å². The molecule has 0 radical (unpaired) electrons. The van der Waals surface area contributed by atoms with Crippen LogP contribution in [0.25, 0.3) is 0 Å². The van der Waals surface area contributed by atoms with Gasteiger partial charge in [-0.3, -0.25) is 0 Å². The quantitative estimate of drug-likeness (QED) is 0.470. The first-order valence-corrected chi connectivity index (χ1v) is 9.64. The van der Waals surface area contributed by atoms with Crippen LogP contribution < -0.4 is 29.6 Å². The molecule has 0 bridgehead atoms. The minimum atomic E-state index is -0.0116. The molecule has 0 heterocycles. The highest BCUT2D eigenvalue weighted by Gasteiger charge is 2.13. The predicted molar refractivity (Wildman–Crippen MR) is 115 cm³/mol. The standard InChI is InChI=1S/C22H31N3O4/c1-6-23-22(24-14-16(2)29-18-10-8-7-9-11-18)25-15-17-12-19(26-3)21(28-5)20(13-17)27-4/h7-13,16H,6,14-15H2,1-5H3,(H2,23,24,25). The topological polar surface area (TPSA) is 73.3 Å². The molecule has 0 aliphatic heterocycles. The van der Waals surface area contributed by atoms with Crippen LogP contribution in [0.2, 0.25) is 0 Å². The van der Waals surface area contributed by atoms with Crippen LogP contribution in [-0.4, -0.2) is 46.5 Å². The van der Waals surface area contributed by atoms with Crippen molar-refractivity contribution in [3.05, 3.63) is 48.0 Å². The fraction of sp³-hybridized carbons (Fsp3) is 0.409. The highest BCUT2D eigenvalue weighted by molar-refractivity contribution is 5.79. The Morgan fingerprint density at radius 2 is 1.62 bits per heavy atom. The van der Waals surface area contributed by atoms with Gasteiger partial charge in [-0.05, 0) is 43.7 Å². The fourth-order valence-electron chi connectivity index (χ4n) is 2.75. The molecular weight excluding hydrogens is 370 g/mol. The Morgan fingerprint density at radius 3 is 2.17 bits per heavy atom. The summed E-state index contributed by atoms with van der Waals surface area (Å²) in [6, 6.07) is 13.6. The highest BCUT2D eigenvalue weighted by Crippen LogP contribution is 2.38. The number of ether oxygens (including phenoxy) is 4. The van der Waals surface area contributed by atoms with Crippen molar-refractivity contribution in [3.63, 3.8) is 0 Å². The zero-order valence-corrected chi connectivity index (χ0v) is 17.8. The van der Waals surface area contributed by atoms with Gasteiger partial charge in [-0.2, -0.15) is 0 Å². The number of methoxy groups -OCH3 is 3. The summed E-state index contributed by atoms with van der Waals surface area (Å²) in [5.74, 6) is 3.35. The third kappa shape index (κ3) is 6.78. The SMILES string of the molecule is CCNC(=NCc1cc(OC)c(OC)c(OC)c1)NCC(C)Oc1ccccc1. The molecule has 0 aliphatic carbocycles. The van der Waals surface area contributed by atoms with E-state index in [1.54, 1.807) is 21.3 Å². The molecular formula is C22H31N3O4. The molecule has 2 aromatic carbocycles. The Balaban J connectivity index is 2.03. The zero-order chi connectivity index (χ0) is 21.1. The third-order valence-electron chi connectivity index (χ3n) is 4.13. The Bertz CT molecular complexity index is 756. The number of aliphatic imine (C=N–C) groups is 1. The summed E-state index contributed by atoms with van der Waals surface area (Å²) in [5, 5.41) is 6.57. The van der Waals surface area contributed by atoms with Crippen molar-refractivity contribution < 1.29 is 18.9 Å². The van der Waals surface area contributed by atoms with Gasteiger partial charge in [0.05, 0.1) is 34.4 Å². The van der Waals surface area contributed by atoms with Crippen LogP contribution in [-0.2, 0) is 6.54 Å². The van der Waals surface area contributed by atoms with Crippen molar-refractivity contribution in [1.29, 1.82) is 0 Å². The first kappa shape index (κ1) is 22.2. The molecule has 0 aliphatic rings. The van der Waals surface area contributed by atoms with Gasteiger partial charge in [-0.1, -0.05) is 18.2 Å². The van der Waals surface area contributed by atoms with E-state index in [0.29, 0.717) is 36.3 Å². The molecule has 7 heteroatoms. The van der Waals surface area contributed by atoms with Crippen LogP contribution in [0.4, 0.5) is 0 Å². The number of para-hydroxylation sites is 1. The van der Waals surface area contributed by atoms with Crippen molar-refractivity contribution in [1.82, 2.24) is 10.6 Å². The molecule has 29 heavy (non-hydrogen) atoms. The van der Waals surface area contributed by atoms with Crippen LogP contribution >= 0.6 is 0 Å². The lowest BCUT2D eigenvalue weighted by Crippen LogP contribution is -2.41. The maximum absolute atomic E-state index is 5.90. The molecule has 0 amide bonds. The Morgan fingerprint density at radius 1 is 0.966 bits per heavy atom. The van der Waals surface area contributed by atoms with Crippen LogP contribution in [0.5, 0.6) is 23.0 Å². The average Bonchev–Trinajstić information content (AvgIpc) is 2.75. The summed E-state index contributed by atoms with van der Waals surface area (Å²) < 4.78 is 22.1. The van der Waals surface area contributed by atoms with Crippen LogP contribution in [0.15, 0.2) is 47.5 Å². The molecule has 7 nitrogen and oxygen atoms in total. The predicted octanol–water partition coefficient (Wildman–Crippen LogP) is 3.24. The van der Waals surface area contributed by atoms with E-state index in [0.717, 1.165) is 17.9 Å². The fourth-order valence-corrected chi connectivity index (χ4v) is 2.75. The van der Waals surface area contributed by atoms with Gasteiger partial charge >= 0.3 is 0 Å². The summed E-state index contributed by atoms with van der Waals surface area (Å²) in [6.07, 6.45) is -0.0116. The molecule has 0 fully saturated rings. The number of nitrogens with one attached hydrogen (secondary N) is 2. The van der Waals surface area contributed by atoms with E-state index >= 15 is 0 Å². The molecule has 0 saturated heterocycles. The molecule has 158 valence electrons. The van der Waals surface area contributed by atoms with Crippen molar-refractivity contribution in [2.75, 3.05) is 34.4 Å². The van der Waals surface area contributed by atoms with E-state index in [2.05, 4.69) is 15.6 Å². The number of nitrogens with zero attached hydrogens (tertiary/aromatic N) is 1. The van der Waals surface area contributed by atoms with Crippen molar-refractivity contribution in [3.8, 4) is 23.0 Å². The first-order valence-electron chi connectivity index (χ1n) is 9.64. The molecule has 2 aromatic rings. The van der Waals surface area contributed by atoms with Crippen molar-refractivity contribution in [2.24, 2.45) is 4.99 Å². The van der Waals surface area contributed by atoms with Crippen molar-refractivity contribution in [2.45, 2.75) is 26.5 Å². The normalized spacial score (nSPS) is 12.1. The highest BCUT2D eigenvalue weighted by atomic mass is 16.5. The van der Waals surface area contributed by atoms with Crippen molar-refractivity contribution >= 4 is 5.96 Å². The molecule has 2 rings (SSSR count). The molecule has 2 N–H and O–H groups in total. The van der Waals surface area contributed by atoms with Gasteiger partial charge in [0, 0.05) is 6.54 Å². The Kier molecular flexibility index (Phi) is 8.95. The van der Waals surface area contributed by atoms with E-state index in [-0.39, 0.29) is 6.10 Å². The van der Waals surface area contributed by atoms with E-state index < -0.39 is 0 Å². The zero-order valence-electron chi connectivity index (χ0n) is 17.8. The number of guanidine groups is 1. The molecule has 0 aromatic heterocycles. The Hall–Kier alpha value is -3.09.